The van der Waals surface area contributed by atoms with Gasteiger partial charge in [0.1, 0.15) is 24.2 Å². The molecular weight excluding hydrogens is 671 g/mol. The summed E-state index contributed by atoms with van der Waals surface area (Å²) in [7, 11) is -1.69. The Morgan fingerprint density at radius 1 is 0.961 bits per heavy atom. The minimum absolute atomic E-state index is 0. The van der Waals surface area contributed by atoms with Crippen LogP contribution >= 0.6 is 0 Å². The Labute approximate surface area is 301 Å². The highest BCUT2D eigenvalue weighted by Gasteiger charge is 2.32. The fourth-order valence-electron chi connectivity index (χ4n) is 6.40. The normalized spacial score (nSPS) is 15.4. The lowest BCUT2D eigenvalue weighted by atomic mass is 9.93. The summed E-state index contributed by atoms with van der Waals surface area (Å²) in [6.45, 7) is 8.37. The van der Waals surface area contributed by atoms with Gasteiger partial charge in [-0.05, 0) is 73.7 Å². The molecule has 0 fully saturated rings. The van der Waals surface area contributed by atoms with Crippen molar-refractivity contribution in [2.75, 3.05) is 37.6 Å². The fraction of sp³-hybridized carbons (Fsp3) is 0.395. The highest BCUT2D eigenvalue weighted by molar-refractivity contribution is 7.86. The second-order valence-electron chi connectivity index (χ2n) is 12.7. The number of carbonyl (C=O) groups excluding carboxylic acids is 2. The first-order valence-electron chi connectivity index (χ1n) is 17.4. The van der Waals surface area contributed by atoms with Crippen molar-refractivity contribution in [1.29, 1.82) is 0 Å². The molecule has 0 saturated carbocycles. The summed E-state index contributed by atoms with van der Waals surface area (Å²) in [5.41, 5.74) is 4.35. The number of anilines is 1. The number of rotatable bonds is 13. The first-order valence-corrected chi connectivity index (χ1v) is 18.5. The molecule has 4 N–H and O–H groups in total. The number of ether oxygens (including phenoxy) is 2. The topological polar surface area (TPSA) is 158 Å². The van der Waals surface area contributed by atoms with E-state index in [0.717, 1.165) is 36.8 Å². The molecule has 1 unspecified atom stereocenters. The maximum atomic E-state index is 14.6. The summed E-state index contributed by atoms with van der Waals surface area (Å²) in [4.78, 5) is 32.3. The Balaban J connectivity index is 0.00000504. The van der Waals surface area contributed by atoms with Crippen LogP contribution < -0.4 is 14.2 Å². The molecule has 2 amide bonds. The van der Waals surface area contributed by atoms with Crippen molar-refractivity contribution in [3.8, 4) is 17.2 Å². The van der Waals surface area contributed by atoms with Crippen LogP contribution in [0.1, 0.15) is 77.2 Å². The lowest BCUT2D eigenvalue weighted by molar-refractivity contribution is 0.0544. The van der Waals surface area contributed by atoms with Crippen LogP contribution in [0.25, 0.3) is 5.69 Å². The summed E-state index contributed by atoms with van der Waals surface area (Å²) >= 11 is 0. The number of hydrogen-bond acceptors (Lipinski definition) is 7. The summed E-state index contributed by atoms with van der Waals surface area (Å²) in [5.74, 6) is 0.681. The predicted octanol–water partition coefficient (Wildman–Crippen LogP) is 4.86. The van der Waals surface area contributed by atoms with E-state index in [9.17, 15) is 18.9 Å². The molecule has 51 heavy (non-hydrogen) atoms. The van der Waals surface area contributed by atoms with Crippen molar-refractivity contribution in [3.63, 3.8) is 0 Å². The van der Waals surface area contributed by atoms with E-state index in [1.165, 1.54) is 0 Å². The van der Waals surface area contributed by atoms with Gasteiger partial charge >= 0.3 is 0 Å². The number of unbranched alkanes of at least 4 members (excludes halogenated alkanes) is 2. The number of nitrogens with zero attached hydrogens (tertiary/aromatic N) is 4. The minimum Gasteiger partial charge on any atom is -0.486 e. The largest absolute Gasteiger partial charge is 0.486 e. The molecule has 2 aliphatic heterocycles. The predicted molar refractivity (Wildman–Crippen MR) is 196 cm³/mol. The summed E-state index contributed by atoms with van der Waals surface area (Å²) in [6.07, 6.45) is 4.28. The minimum atomic E-state index is -1.69. The third-order valence-electron chi connectivity index (χ3n) is 9.18. The van der Waals surface area contributed by atoms with Gasteiger partial charge in [-0.15, -0.1) is 0 Å². The van der Waals surface area contributed by atoms with E-state index in [2.05, 4.69) is 18.6 Å². The molecule has 272 valence electrons. The fourth-order valence-corrected chi connectivity index (χ4v) is 7.27. The van der Waals surface area contributed by atoms with Gasteiger partial charge in [-0.1, -0.05) is 51.0 Å². The zero-order valence-corrected chi connectivity index (χ0v) is 30.2. The first kappa shape index (κ1) is 37.5. The van der Waals surface area contributed by atoms with Gasteiger partial charge in [0.25, 0.3) is 11.8 Å². The number of fused-ring (bicyclic) bond motifs is 2. The van der Waals surface area contributed by atoms with Crippen molar-refractivity contribution in [2.24, 2.45) is 0 Å². The molecule has 12 nitrogen and oxygen atoms in total. The summed E-state index contributed by atoms with van der Waals surface area (Å²) in [6, 6.07) is 19.6. The molecule has 1 aromatic heterocycles. The Morgan fingerprint density at radius 3 is 2.37 bits per heavy atom. The van der Waals surface area contributed by atoms with Crippen molar-refractivity contribution in [1.82, 2.24) is 19.6 Å². The van der Waals surface area contributed by atoms with Gasteiger partial charge in [0.15, 0.2) is 17.2 Å². The van der Waals surface area contributed by atoms with E-state index < -0.39 is 17.0 Å². The highest BCUT2D eigenvalue weighted by atomic mass is 32.2. The Bertz CT molecular complexity index is 1870. The number of aliphatic hydroxyl groups excluding tert-OH is 1. The molecule has 0 saturated heterocycles. The number of aryl methyl sites for hydroxylation is 1. The lowest BCUT2D eigenvalue weighted by Crippen LogP contribution is -2.46. The third-order valence-corrected chi connectivity index (χ3v) is 10.3. The molecule has 2 aliphatic rings. The molecule has 0 spiro atoms. The molecule has 4 aromatic rings. The van der Waals surface area contributed by atoms with Crippen LogP contribution in [-0.2, 0) is 24.0 Å². The Kier molecular flexibility index (Phi) is 12.5. The number of aliphatic hydroxyl groups is 1. The highest BCUT2D eigenvalue weighted by Crippen LogP contribution is 2.33. The van der Waals surface area contributed by atoms with E-state index >= 15 is 0 Å². The van der Waals surface area contributed by atoms with Gasteiger partial charge < -0.3 is 34.6 Å². The molecule has 0 aliphatic carbocycles. The van der Waals surface area contributed by atoms with E-state index in [1.807, 2.05) is 36.1 Å². The summed E-state index contributed by atoms with van der Waals surface area (Å²) in [5, 5.41) is 15.2. The molecule has 13 heteroatoms. The zero-order chi connectivity index (χ0) is 35.2. The van der Waals surface area contributed by atoms with Gasteiger partial charge in [-0.3, -0.25) is 9.59 Å². The van der Waals surface area contributed by atoms with Crippen LogP contribution in [0, 0.1) is 6.92 Å². The SMILES string of the molecule is CCCCN(CCCC)C(=O)c1cc(C)n(-c2ccc(NS(=O)c3ccc4c(c3)OCCO4)cc2C(=O)N2Cc3ccccc3C[C@H]2CO)n1.O. The van der Waals surface area contributed by atoms with Gasteiger partial charge in [0, 0.05) is 37.1 Å². The molecular formula is C38H47N5O7S. The number of carbonyl (C=O) groups is 2. The Morgan fingerprint density at radius 2 is 1.67 bits per heavy atom. The number of aromatic nitrogens is 2. The second kappa shape index (κ2) is 17.0. The van der Waals surface area contributed by atoms with Gasteiger partial charge in [0.2, 0.25) is 0 Å². The number of benzene rings is 3. The Hall–Kier alpha value is -4.72. The third kappa shape index (κ3) is 8.27. The molecule has 0 radical (unpaired) electrons. The maximum Gasteiger partial charge on any atom is 0.274 e. The maximum absolute atomic E-state index is 14.6. The first-order chi connectivity index (χ1) is 24.3. The van der Waals surface area contributed by atoms with Gasteiger partial charge in [0.05, 0.1) is 28.8 Å². The van der Waals surface area contributed by atoms with Crippen LogP contribution in [0.3, 0.4) is 0 Å². The van der Waals surface area contributed by atoms with Crippen molar-refractivity contribution in [3.05, 3.63) is 94.8 Å². The smallest absolute Gasteiger partial charge is 0.274 e. The molecule has 3 aromatic carbocycles. The van der Waals surface area contributed by atoms with Crippen molar-refractivity contribution < 1.29 is 33.9 Å². The van der Waals surface area contributed by atoms with Crippen molar-refractivity contribution >= 4 is 28.5 Å². The van der Waals surface area contributed by atoms with Crippen LogP contribution in [-0.4, -0.2) is 85.1 Å². The van der Waals surface area contributed by atoms with Crippen LogP contribution in [0.15, 0.2) is 71.6 Å². The van der Waals surface area contributed by atoms with E-state index in [1.54, 1.807) is 52.0 Å². The molecule has 6 rings (SSSR count). The van der Waals surface area contributed by atoms with E-state index in [-0.39, 0.29) is 23.9 Å². The van der Waals surface area contributed by atoms with E-state index in [4.69, 9.17) is 14.6 Å². The van der Waals surface area contributed by atoms with Gasteiger partial charge in [-0.25, -0.2) is 8.89 Å². The molecule has 0 bridgehead atoms. The zero-order valence-electron chi connectivity index (χ0n) is 29.4. The van der Waals surface area contributed by atoms with Crippen molar-refractivity contribution in [2.45, 2.75) is 70.4 Å². The average molecular weight is 718 g/mol. The average Bonchev–Trinajstić information content (AvgIpc) is 3.54. The monoisotopic (exact) mass is 717 g/mol. The lowest BCUT2D eigenvalue weighted by Gasteiger charge is -2.36. The number of hydrogen-bond donors (Lipinski definition) is 2. The quantitative estimate of drug-likeness (QED) is 0.200. The summed E-state index contributed by atoms with van der Waals surface area (Å²) < 4.78 is 29.5. The molecule has 3 heterocycles. The molecule has 2 atom stereocenters. The van der Waals surface area contributed by atoms with Crippen LogP contribution in [0.2, 0.25) is 0 Å². The van der Waals surface area contributed by atoms with Crippen LogP contribution in [0.4, 0.5) is 5.69 Å². The number of nitrogens with one attached hydrogen (secondary N) is 1. The number of amides is 2. The van der Waals surface area contributed by atoms with E-state index in [0.29, 0.717) is 84.0 Å². The second-order valence-corrected chi connectivity index (χ2v) is 13.9. The standard InChI is InChI=1S/C38H45N5O6S.H2O/c1-4-6-16-41(17-7-5-2)38(46)33-20-26(3)43(39-33)34-14-12-29(40-50(47)31-13-15-35-36(23-31)49-19-18-48-35)22-32(34)37(45)42-24-28-11-9-8-10-27(28)21-30(42)25-44;/h8-15,20,22-23,30,40,44H,4-7,16-19,21,24-25H2,1-3H3;1H2/t30-,50?;/m0./s1. The van der Waals surface area contributed by atoms with Crippen LogP contribution in [0.5, 0.6) is 11.5 Å². The van der Waals surface area contributed by atoms with Gasteiger partial charge in [-0.2, -0.15) is 5.10 Å².